The van der Waals surface area contributed by atoms with Crippen LogP contribution in [0.1, 0.15) is 30.5 Å². The number of aliphatic imine (C=N–C) groups is 1. The molecule has 1 aromatic heterocycles. The summed E-state index contributed by atoms with van der Waals surface area (Å²) < 4.78 is 21.8. The Balaban J connectivity index is 1.68. The van der Waals surface area contributed by atoms with E-state index in [9.17, 15) is 9.59 Å². The molecule has 0 radical (unpaired) electrons. The Labute approximate surface area is 225 Å². The summed E-state index contributed by atoms with van der Waals surface area (Å²) in [6.07, 6.45) is 3.48. The molecule has 0 saturated heterocycles. The number of benzene rings is 1. The first-order chi connectivity index (χ1) is 18.5. The summed E-state index contributed by atoms with van der Waals surface area (Å²) in [5.74, 6) is 0.308. The van der Waals surface area contributed by atoms with Crippen molar-refractivity contribution in [1.29, 1.82) is 0 Å². The van der Waals surface area contributed by atoms with E-state index in [1.54, 1.807) is 39.6 Å². The molecular weight excluding hydrogens is 508 g/mol. The zero-order valence-electron chi connectivity index (χ0n) is 21.7. The van der Waals surface area contributed by atoms with Crippen LogP contribution in [0.4, 0.5) is 0 Å². The van der Waals surface area contributed by atoms with Gasteiger partial charge in [-0.2, -0.15) is 0 Å². The Kier molecular flexibility index (Phi) is 9.03. The van der Waals surface area contributed by atoms with Gasteiger partial charge in [0.25, 0.3) is 0 Å². The fourth-order valence-electron chi connectivity index (χ4n) is 4.28. The van der Waals surface area contributed by atoms with Gasteiger partial charge >= 0.3 is 5.97 Å². The standard InChI is InChI=1S/C27H30N4O6S/c1-17-23(26(33)37-12-11-34-2)24(20-8-5-9-21(35-3)25(20)36-4)31-19(16-38-27(31)30-17)13-22(32)29-15-18-7-6-10-28-14-18/h5-10,14,16,24H,11-13,15H2,1-4H3,(H,29,32)/t24-/m1/s1. The predicted molar refractivity (Wildman–Crippen MR) is 143 cm³/mol. The lowest BCUT2D eigenvalue weighted by Crippen LogP contribution is -2.38. The Morgan fingerprint density at radius 1 is 1.11 bits per heavy atom. The number of amidine groups is 1. The number of ether oxygens (including phenoxy) is 4. The van der Waals surface area contributed by atoms with Crippen LogP contribution in [0.2, 0.25) is 0 Å². The first-order valence-electron chi connectivity index (χ1n) is 11.9. The van der Waals surface area contributed by atoms with E-state index in [1.165, 1.54) is 18.9 Å². The van der Waals surface area contributed by atoms with E-state index >= 15 is 0 Å². The van der Waals surface area contributed by atoms with Crippen LogP contribution in [0.25, 0.3) is 0 Å². The van der Waals surface area contributed by atoms with Crippen LogP contribution >= 0.6 is 11.8 Å². The van der Waals surface area contributed by atoms with Crippen LogP contribution in [-0.4, -0.2) is 61.5 Å². The maximum Gasteiger partial charge on any atom is 0.338 e. The predicted octanol–water partition coefficient (Wildman–Crippen LogP) is 3.57. The third kappa shape index (κ3) is 5.84. The summed E-state index contributed by atoms with van der Waals surface area (Å²) in [7, 11) is 4.64. The Morgan fingerprint density at radius 2 is 1.95 bits per heavy atom. The van der Waals surface area contributed by atoms with Crippen LogP contribution in [0, 0.1) is 0 Å². The lowest BCUT2D eigenvalue weighted by atomic mass is 9.92. The highest BCUT2D eigenvalue weighted by molar-refractivity contribution is 8.16. The SMILES string of the molecule is COCCOC(=O)C1=C(C)N=C2SC=C(CC(=O)NCc3cccnc3)N2[C@@H]1c1cccc(OC)c1OC. The van der Waals surface area contributed by atoms with Gasteiger partial charge in [-0.15, -0.1) is 0 Å². The molecule has 1 N–H and O–H groups in total. The van der Waals surface area contributed by atoms with Crippen molar-refractivity contribution >= 4 is 28.8 Å². The normalized spacial score (nSPS) is 16.4. The van der Waals surface area contributed by atoms with Crippen LogP contribution in [-0.2, 0) is 25.6 Å². The number of hydrogen-bond acceptors (Lipinski definition) is 10. The molecule has 11 heteroatoms. The second-order valence-electron chi connectivity index (χ2n) is 8.42. The molecule has 0 spiro atoms. The third-order valence-electron chi connectivity index (χ3n) is 6.02. The van der Waals surface area contributed by atoms with Crippen LogP contribution < -0.4 is 14.8 Å². The maximum absolute atomic E-state index is 13.4. The Morgan fingerprint density at radius 3 is 2.66 bits per heavy atom. The van der Waals surface area contributed by atoms with E-state index in [4.69, 9.17) is 18.9 Å². The smallest absolute Gasteiger partial charge is 0.338 e. The zero-order chi connectivity index (χ0) is 27.1. The summed E-state index contributed by atoms with van der Waals surface area (Å²) in [4.78, 5) is 37.0. The molecule has 0 bridgehead atoms. The number of amides is 1. The fourth-order valence-corrected chi connectivity index (χ4v) is 5.24. The average molecular weight is 539 g/mol. The summed E-state index contributed by atoms with van der Waals surface area (Å²) in [6, 6.07) is 8.55. The number of carbonyl (C=O) groups excluding carboxylic acids is 2. The lowest BCUT2D eigenvalue weighted by Gasteiger charge is -2.37. The van der Waals surface area contributed by atoms with E-state index in [1.807, 2.05) is 34.6 Å². The van der Waals surface area contributed by atoms with Gasteiger partial charge in [-0.05, 0) is 30.0 Å². The van der Waals surface area contributed by atoms with Crippen molar-refractivity contribution in [2.75, 3.05) is 34.5 Å². The summed E-state index contributed by atoms with van der Waals surface area (Å²) in [5.41, 5.74) is 3.15. The second-order valence-corrected chi connectivity index (χ2v) is 9.26. The van der Waals surface area contributed by atoms with Crippen molar-refractivity contribution in [2.45, 2.75) is 25.9 Å². The molecule has 1 aromatic carbocycles. The molecular formula is C27H30N4O6S. The number of thioether (sulfide) groups is 1. The molecule has 0 saturated carbocycles. The number of allylic oxidation sites excluding steroid dienone is 1. The van der Waals surface area contributed by atoms with E-state index in [2.05, 4.69) is 15.3 Å². The van der Waals surface area contributed by atoms with Crippen molar-refractivity contribution < 1.29 is 28.5 Å². The maximum atomic E-state index is 13.4. The van der Waals surface area contributed by atoms with E-state index in [0.29, 0.717) is 45.7 Å². The zero-order valence-corrected chi connectivity index (χ0v) is 22.5. The number of aromatic nitrogens is 1. The minimum absolute atomic E-state index is 0.0834. The highest BCUT2D eigenvalue weighted by Crippen LogP contribution is 2.48. The molecule has 0 unspecified atom stereocenters. The number of pyridine rings is 1. The molecule has 0 fully saturated rings. The van der Waals surface area contributed by atoms with Gasteiger partial charge in [0, 0.05) is 37.3 Å². The molecule has 2 aliphatic heterocycles. The van der Waals surface area contributed by atoms with Crippen molar-refractivity contribution in [2.24, 2.45) is 4.99 Å². The fraction of sp³-hybridized carbons (Fsp3) is 0.333. The summed E-state index contributed by atoms with van der Waals surface area (Å²) in [6.45, 7) is 2.49. The number of rotatable bonds is 11. The number of nitrogens with zero attached hydrogens (tertiary/aromatic N) is 3. The highest BCUT2D eigenvalue weighted by atomic mass is 32.2. The molecule has 2 aromatic rings. The Bertz CT molecular complexity index is 1280. The molecule has 2 aliphatic rings. The van der Waals surface area contributed by atoms with Crippen molar-refractivity contribution in [3.8, 4) is 11.5 Å². The van der Waals surface area contributed by atoms with Gasteiger partial charge in [0.2, 0.25) is 5.91 Å². The molecule has 0 aliphatic carbocycles. The first kappa shape index (κ1) is 27.2. The van der Waals surface area contributed by atoms with Crippen LogP contribution in [0.15, 0.2) is 70.1 Å². The van der Waals surface area contributed by atoms with E-state index in [-0.39, 0.29) is 25.5 Å². The van der Waals surface area contributed by atoms with Crippen LogP contribution in [0.3, 0.4) is 0 Å². The van der Waals surface area contributed by atoms with E-state index in [0.717, 1.165) is 5.56 Å². The van der Waals surface area contributed by atoms with Gasteiger partial charge in [-0.3, -0.25) is 9.78 Å². The number of nitrogens with one attached hydrogen (secondary N) is 1. The topological polar surface area (TPSA) is 112 Å². The molecule has 1 atom stereocenters. The van der Waals surface area contributed by atoms with Gasteiger partial charge in [0.1, 0.15) is 6.61 Å². The summed E-state index contributed by atoms with van der Waals surface area (Å²) >= 11 is 1.40. The number of fused-ring (bicyclic) bond motifs is 1. The minimum Gasteiger partial charge on any atom is -0.493 e. The lowest BCUT2D eigenvalue weighted by molar-refractivity contribution is -0.141. The monoisotopic (exact) mass is 538 g/mol. The average Bonchev–Trinajstić information content (AvgIpc) is 3.32. The first-order valence-corrected chi connectivity index (χ1v) is 12.8. The molecule has 4 rings (SSSR count). The van der Waals surface area contributed by atoms with Crippen molar-refractivity contribution in [3.63, 3.8) is 0 Å². The molecule has 200 valence electrons. The van der Waals surface area contributed by atoms with Gasteiger partial charge in [-0.1, -0.05) is 30.0 Å². The Hall–Kier alpha value is -3.83. The molecule has 38 heavy (non-hydrogen) atoms. The van der Waals surface area contributed by atoms with Crippen molar-refractivity contribution in [1.82, 2.24) is 15.2 Å². The second kappa shape index (κ2) is 12.6. The van der Waals surface area contributed by atoms with Crippen molar-refractivity contribution in [3.05, 3.63) is 76.2 Å². The van der Waals surface area contributed by atoms with Crippen LogP contribution in [0.5, 0.6) is 11.5 Å². The quantitative estimate of drug-likeness (QED) is 0.339. The van der Waals surface area contributed by atoms with Gasteiger partial charge < -0.3 is 29.2 Å². The number of methoxy groups -OCH3 is 3. The third-order valence-corrected chi connectivity index (χ3v) is 6.91. The number of esters is 1. The van der Waals surface area contributed by atoms with Gasteiger partial charge in [0.05, 0.1) is 44.6 Å². The summed E-state index contributed by atoms with van der Waals surface area (Å²) in [5, 5.41) is 5.47. The molecule has 10 nitrogen and oxygen atoms in total. The van der Waals surface area contributed by atoms with Gasteiger partial charge in [0.15, 0.2) is 16.7 Å². The number of carbonyl (C=O) groups is 2. The molecule has 1 amide bonds. The largest absolute Gasteiger partial charge is 0.493 e. The minimum atomic E-state index is -0.657. The van der Waals surface area contributed by atoms with E-state index < -0.39 is 12.0 Å². The number of hydrogen-bond donors (Lipinski definition) is 1. The number of para-hydroxylation sites is 1. The highest BCUT2D eigenvalue weighted by Gasteiger charge is 2.42. The molecule has 3 heterocycles. The van der Waals surface area contributed by atoms with Gasteiger partial charge in [-0.25, -0.2) is 9.79 Å².